The van der Waals surface area contributed by atoms with Gasteiger partial charge in [0.25, 0.3) is 0 Å². The van der Waals surface area contributed by atoms with E-state index in [0.717, 1.165) is 6.42 Å². The smallest absolute Gasteiger partial charge is 0.150 e. The fourth-order valence-corrected chi connectivity index (χ4v) is 3.69. The molecule has 3 atom stereocenters. The average Bonchev–Trinajstić information content (AvgIpc) is 2.72. The number of fused-ring (bicyclic) bond motifs is 1. The number of carbonyl (C=O) groups excluding carboxylic acids is 1. The molecule has 0 unspecified atom stereocenters. The van der Waals surface area contributed by atoms with Crippen LogP contribution in [-0.4, -0.2) is 11.0 Å². The number of Topliss-reactive ketones (excluding diaryl/α,β-unsaturated/α-hetero) is 1. The van der Waals surface area contributed by atoms with E-state index < -0.39 is 0 Å². The third kappa shape index (κ3) is 1.44. The summed E-state index contributed by atoms with van der Waals surface area (Å²) >= 11 is 1.71. The standard InChI is InChI=1S/C13H12OS/c14-12-10-7-4-8-11(10)13(12)15-9-5-2-1-3-6-9/h1-6,8,10-11,13H,7H2/t10-,11+,13-/m1/s1. The SMILES string of the molecule is O=C1[C@@H]2CC=C[C@@H]2[C@H]1Sc1ccccc1. The fraction of sp³-hybridized carbons (Fsp3) is 0.308. The van der Waals surface area contributed by atoms with Crippen LogP contribution in [0.5, 0.6) is 0 Å². The molecule has 0 N–H and O–H groups in total. The predicted molar refractivity (Wildman–Crippen MR) is 61.8 cm³/mol. The Balaban J connectivity index is 1.75. The van der Waals surface area contributed by atoms with Crippen LogP contribution in [0.2, 0.25) is 0 Å². The number of ketones is 1. The predicted octanol–water partition coefficient (Wildman–Crippen LogP) is 2.92. The van der Waals surface area contributed by atoms with Gasteiger partial charge in [0.1, 0.15) is 0 Å². The van der Waals surface area contributed by atoms with Crippen molar-refractivity contribution in [2.75, 3.05) is 0 Å². The monoisotopic (exact) mass is 216 g/mol. The van der Waals surface area contributed by atoms with Crippen LogP contribution in [0, 0.1) is 11.8 Å². The van der Waals surface area contributed by atoms with Gasteiger partial charge in [0.15, 0.2) is 5.78 Å². The first kappa shape index (κ1) is 9.22. The summed E-state index contributed by atoms with van der Waals surface area (Å²) in [7, 11) is 0. The lowest BCUT2D eigenvalue weighted by Crippen LogP contribution is -2.46. The molecule has 0 aromatic heterocycles. The zero-order valence-electron chi connectivity index (χ0n) is 8.30. The average molecular weight is 216 g/mol. The second kappa shape index (κ2) is 3.53. The van der Waals surface area contributed by atoms with E-state index >= 15 is 0 Å². The van der Waals surface area contributed by atoms with E-state index in [1.165, 1.54) is 4.90 Å². The van der Waals surface area contributed by atoms with Crippen molar-refractivity contribution < 1.29 is 4.79 Å². The van der Waals surface area contributed by atoms with E-state index in [0.29, 0.717) is 17.6 Å². The number of hydrogen-bond donors (Lipinski definition) is 0. The zero-order chi connectivity index (χ0) is 10.3. The maximum absolute atomic E-state index is 11.8. The van der Waals surface area contributed by atoms with Gasteiger partial charge in [-0.3, -0.25) is 4.79 Å². The molecule has 1 fully saturated rings. The van der Waals surface area contributed by atoms with Crippen LogP contribution in [-0.2, 0) is 4.79 Å². The molecular formula is C13H12OS. The van der Waals surface area contributed by atoms with E-state index in [-0.39, 0.29) is 5.25 Å². The van der Waals surface area contributed by atoms with Crippen LogP contribution in [0.3, 0.4) is 0 Å². The van der Waals surface area contributed by atoms with Crippen molar-refractivity contribution in [1.29, 1.82) is 0 Å². The number of rotatable bonds is 2. The van der Waals surface area contributed by atoms with Crippen molar-refractivity contribution in [2.24, 2.45) is 11.8 Å². The Labute approximate surface area is 93.6 Å². The van der Waals surface area contributed by atoms with E-state index in [2.05, 4.69) is 24.3 Å². The van der Waals surface area contributed by atoms with E-state index in [1.54, 1.807) is 11.8 Å². The van der Waals surface area contributed by atoms with E-state index in [4.69, 9.17) is 0 Å². The van der Waals surface area contributed by atoms with Gasteiger partial charge in [-0.05, 0) is 18.6 Å². The van der Waals surface area contributed by atoms with Gasteiger partial charge in [-0.15, -0.1) is 11.8 Å². The van der Waals surface area contributed by atoms with Crippen LogP contribution < -0.4 is 0 Å². The molecule has 0 spiro atoms. The van der Waals surface area contributed by atoms with Gasteiger partial charge in [-0.2, -0.15) is 0 Å². The normalized spacial score (nSPS) is 32.5. The summed E-state index contributed by atoms with van der Waals surface area (Å²) in [4.78, 5) is 13.0. The molecule has 1 saturated carbocycles. The third-order valence-electron chi connectivity index (χ3n) is 3.21. The molecule has 1 aromatic rings. The molecule has 0 amide bonds. The first-order chi connectivity index (χ1) is 7.36. The van der Waals surface area contributed by atoms with Crippen molar-refractivity contribution >= 4 is 17.5 Å². The zero-order valence-corrected chi connectivity index (χ0v) is 9.11. The number of thioether (sulfide) groups is 1. The molecule has 76 valence electrons. The lowest BCUT2D eigenvalue weighted by molar-refractivity contribution is -0.130. The molecule has 0 heterocycles. The molecule has 1 nitrogen and oxygen atoms in total. The quantitative estimate of drug-likeness (QED) is 0.707. The largest absolute Gasteiger partial charge is 0.298 e. The van der Waals surface area contributed by atoms with Gasteiger partial charge in [-0.25, -0.2) is 0 Å². The Morgan fingerprint density at radius 3 is 2.80 bits per heavy atom. The van der Waals surface area contributed by atoms with Crippen LogP contribution in [0.15, 0.2) is 47.4 Å². The molecule has 1 aromatic carbocycles. The van der Waals surface area contributed by atoms with E-state index in [9.17, 15) is 4.79 Å². The van der Waals surface area contributed by atoms with Gasteiger partial charge in [0.2, 0.25) is 0 Å². The molecule has 0 bridgehead atoms. The van der Waals surface area contributed by atoms with Crippen molar-refractivity contribution in [3.63, 3.8) is 0 Å². The summed E-state index contributed by atoms with van der Waals surface area (Å²) in [6, 6.07) is 10.2. The Hall–Kier alpha value is -1.02. The maximum Gasteiger partial charge on any atom is 0.150 e. The number of benzene rings is 1. The summed E-state index contributed by atoms with van der Waals surface area (Å²) in [5.74, 6) is 1.26. The molecule has 2 aliphatic rings. The van der Waals surface area contributed by atoms with Gasteiger partial charge < -0.3 is 0 Å². The van der Waals surface area contributed by atoms with Gasteiger partial charge in [-0.1, -0.05) is 30.4 Å². The van der Waals surface area contributed by atoms with Crippen molar-refractivity contribution in [3.8, 4) is 0 Å². The van der Waals surface area contributed by atoms with Crippen LogP contribution in [0.25, 0.3) is 0 Å². The highest BCUT2D eigenvalue weighted by Gasteiger charge is 2.49. The highest BCUT2D eigenvalue weighted by Crippen LogP contribution is 2.47. The van der Waals surface area contributed by atoms with Crippen LogP contribution in [0.1, 0.15) is 6.42 Å². The minimum Gasteiger partial charge on any atom is -0.298 e. The summed E-state index contributed by atoms with van der Waals surface area (Å²) in [6.45, 7) is 0. The van der Waals surface area contributed by atoms with Crippen molar-refractivity contribution in [3.05, 3.63) is 42.5 Å². The first-order valence-electron chi connectivity index (χ1n) is 5.28. The molecule has 0 radical (unpaired) electrons. The number of hydrogen-bond acceptors (Lipinski definition) is 2. The molecule has 0 saturated heterocycles. The summed E-state index contributed by atoms with van der Waals surface area (Å²) in [5.41, 5.74) is 0. The molecule has 2 heteroatoms. The van der Waals surface area contributed by atoms with Crippen LogP contribution >= 0.6 is 11.8 Å². The summed E-state index contributed by atoms with van der Waals surface area (Å²) < 4.78 is 0. The highest BCUT2D eigenvalue weighted by molar-refractivity contribution is 8.00. The Kier molecular flexibility index (Phi) is 2.17. The van der Waals surface area contributed by atoms with Gasteiger partial charge in [0, 0.05) is 16.7 Å². The maximum atomic E-state index is 11.8. The molecule has 3 rings (SSSR count). The Morgan fingerprint density at radius 1 is 1.20 bits per heavy atom. The first-order valence-corrected chi connectivity index (χ1v) is 6.16. The van der Waals surface area contributed by atoms with Crippen LogP contribution in [0.4, 0.5) is 0 Å². The van der Waals surface area contributed by atoms with Gasteiger partial charge in [0.05, 0.1) is 5.25 Å². The lowest BCUT2D eigenvalue weighted by Gasteiger charge is -2.37. The summed E-state index contributed by atoms with van der Waals surface area (Å²) in [5, 5.41) is 0.177. The lowest BCUT2D eigenvalue weighted by atomic mass is 9.74. The minimum atomic E-state index is 0.177. The Morgan fingerprint density at radius 2 is 2.00 bits per heavy atom. The van der Waals surface area contributed by atoms with Crippen molar-refractivity contribution in [1.82, 2.24) is 0 Å². The number of carbonyl (C=O) groups is 1. The minimum absolute atomic E-state index is 0.177. The molecule has 2 aliphatic carbocycles. The second-order valence-electron chi connectivity index (χ2n) is 4.10. The van der Waals surface area contributed by atoms with E-state index in [1.807, 2.05) is 18.2 Å². The molecule has 0 aliphatic heterocycles. The molecular weight excluding hydrogens is 204 g/mol. The third-order valence-corrected chi connectivity index (χ3v) is 4.56. The number of allylic oxidation sites excluding steroid dienone is 2. The van der Waals surface area contributed by atoms with Crippen molar-refractivity contribution in [2.45, 2.75) is 16.6 Å². The highest BCUT2D eigenvalue weighted by atomic mass is 32.2. The summed E-state index contributed by atoms with van der Waals surface area (Å²) in [6.07, 6.45) is 5.33. The second-order valence-corrected chi connectivity index (χ2v) is 5.32. The molecule has 15 heavy (non-hydrogen) atoms. The topological polar surface area (TPSA) is 17.1 Å². The fourth-order valence-electron chi connectivity index (χ4n) is 2.36. The van der Waals surface area contributed by atoms with Gasteiger partial charge >= 0.3 is 0 Å². The Bertz CT molecular complexity index is 410.